The second kappa shape index (κ2) is 4.89. The Hall–Kier alpha value is -0.480. The van der Waals surface area contributed by atoms with Gasteiger partial charge in [0.1, 0.15) is 0 Å². The van der Waals surface area contributed by atoms with E-state index in [1.807, 2.05) is 28.7 Å². The van der Waals surface area contributed by atoms with Crippen LogP contribution in [0.15, 0.2) is 12.3 Å². The largest absolute Gasteiger partial charge is 0.389 e. The predicted molar refractivity (Wildman–Crippen MR) is 77.0 cm³/mol. The maximum absolute atomic E-state index is 10.7. The van der Waals surface area contributed by atoms with Crippen molar-refractivity contribution in [1.29, 1.82) is 0 Å². The molecule has 1 aliphatic heterocycles. The lowest BCUT2D eigenvalue weighted by Gasteiger charge is -2.40. The highest BCUT2D eigenvalue weighted by Crippen LogP contribution is 2.40. The Morgan fingerprint density at radius 2 is 2.17 bits per heavy atom. The minimum Gasteiger partial charge on any atom is -0.389 e. The Balaban J connectivity index is 2.07. The molecular formula is C14H24N2OS. The summed E-state index contributed by atoms with van der Waals surface area (Å²) >= 11 is 1.86. The summed E-state index contributed by atoms with van der Waals surface area (Å²) in [6.45, 7) is 8.70. The molecule has 4 heteroatoms. The summed E-state index contributed by atoms with van der Waals surface area (Å²) in [5.41, 5.74) is 0.630. The molecule has 0 radical (unpaired) electrons. The molecule has 0 saturated carbocycles. The van der Waals surface area contributed by atoms with E-state index >= 15 is 0 Å². The molecule has 1 unspecified atom stereocenters. The van der Waals surface area contributed by atoms with Crippen LogP contribution in [0.4, 0.5) is 0 Å². The van der Waals surface area contributed by atoms with Crippen molar-refractivity contribution < 1.29 is 5.11 Å². The molecule has 1 aromatic heterocycles. The van der Waals surface area contributed by atoms with Gasteiger partial charge in [0.25, 0.3) is 0 Å². The van der Waals surface area contributed by atoms with Gasteiger partial charge in [-0.05, 0) is 37.5 Å². The Labute approximate surface area is 114 Å². The predicted octanol–water partition coefficient (Wildman–Crippen LogP) is 2.90. The molecule has 102 valence electrons. The van der Waals surface area contributed by atoms with Gasteiger partial charge in [-0.2, -0.15) is 16.9 Å². The third kappa shape index (κ3) is 3.29. The molecule has 1 aliphatic rings. The molecule has 1 N–H and O–H groups in total. The highest BCUT2D eigenvalue weighted by Gasteiger charge is 2.39. The number of aromatic nitrogens is 2. The first kappa shape index (κ1) is 13.9. The summed E-state index contributed by atoms with van der Waals surface area (Å²) in [4.78, 5) is 0. The van der Waals surface area contributed by atoms with Crippen molar-refractivity contribution in [3.63, 3.8) is 0 Å². The summed E-state index contributed by atoms with van der Waals surface area (Å²) in [5, 5.41) is 15.3. The molecule has 0 aromatic carbocycles. The lowest BCUT2D eigenvalue weighted by Crippen LogP contribution is -2.44. The molecule has 0 amide bonds. The zero-order valence-electron chi connectivity index (χ0n) is 11.8. The third-order valence-electron chi connectivity index (χ3n) is 3.37. The molecule has 1 saturated heterocycles. The first-order valence-electron chi connectivity index (χ1n) is 6.64. The molecule has 2 rings (SSSR count). The van der Waals surface area contributed by atoms with Crippen LogP contribution < -0.4 is 0 Å². The average molecular weight is 268 g/mol. The van der Waals surface area contributed by atoms with Crippen LogP contribution in [0.1, 0.15) is 45.9 Å². The van der Waals surface area contributed by atoms with Crippen LogP contribution in [0.25, 0.3) is 0 Å². The van der Waals surface area contributed by atoms with E-state index in [4.69, 9.17) is 0 Å². The number of rotatable bonds is 3. The van der Waals surface area contributed by atoms with Crippen LogP contribution in [0.2, 0.25) is 0 Å². The molecule has 0 spiro atoms. The number of nitrogens with zero attached hydrogens (tertiary/aromatic N) is 2. The summed E-state index contributed by atoms with van der Waals surface area (Å²) < 4.78 is 1.96. The van der Waals surface area contributed by atoms with Gasteiger partial charge >= 0.3 is 0 Å². The summed E-state index contributed by atoms with van der Waals surface area (Å²) in [7, 11) is 0. The molecule has 0 aliphatic carbocycles. The average Bonchev–Trinajstić information content (AvgIpc) is 2.63. The van der Waals surface area contributed by atoms with E-state index in [1.54, 1.807) is 0 Å². The van der Waals surface area contributed by atoms with Crippen molar-refractivity contribution in [2.24, 2.45) is 5.41 Å². The SMILES string of the molecule is CC(C)n1ccc(CC2(O)CSCC(C)(C)C2)n1. The molecule has 2 heterocycles. The minimum absolute atomic E-state index is 0.221. The van der Waals surface area contributed by atoms with Gasteiger partial charge < -0.3 is 5.11 Å². The van der Waals surface area contributed by atoms with Gasteiger partial charge in [0.15, 0.2) is 0 Å². The van der Waals surface area contributed by atoms with Gasteiger partial charge in [-0.15, -0.1) is 0 Å². The smallest absolute Gasteiger partial charge is 0.0799 e. The third-order valence-corrected chi connectivity index (χ3v) is 5.10. The molecule has 18 heavy (non-hydrogen) atoms. The van der Waals surface area contributed by atoms with Gasteiger partial charge in [-0.1, -0.05) is 13.8 Å². The fourth-order valence-electron chi connectivity index (χ4n) is 2.72. The van der Waals surface area contributed by atoms with Gasteiger partial charge in [-0.25, -0.2) is 0 Å². The Bertz CT molecular complexity index is 414. The van der Waals surface area contributed by atoms with Crippen molar-refractivity contribution in [2.75, 3.05) is 11.5 Å². The summed E-state index contributed by atoms with van der Waals surface area (Å²) in [6, 6.07) is 2.41. The lowest BCUT2D eigenvalue weighted by molar-refractivity contribution is 0.0190. The molecule has 1 fully saturated rings. The van der Waals surface area contributed by atoms with E-state index in [0.29, 0.717) is 12.5 Å². The first-order valence-corrected chi connectivity index (χ1v) is 7.79. The van der Waals surface area contributed by atoms with Gasteiger partial charge in [0.2, 0.25) is 0 Å². The second-order valence-electron chi connectivity index (χ2n) is 6.62. The second-order valence-corrected chi connectivity index (χ2v) is 7.60. The van der Waals surface area contributed by atoms with Crippen LogP contribution >= 0.6 is 11.8 Å². The standard InChI is InChI=1S/C14H24N2OS/c1-11(2)16-6-5-12(15-16)7-14(17)8-13(3,4)9-18-10-14/h5-6,11,17H,7-10H2,1-4H3. The van der Waals surface area contributed by atoms with Gasteiger partial charge in [-0.3, -0.25) is 4.68 Å². The quantitative estimate of drug-likeness (QED) is 0.916. The molecule has 1 atom stereocenters. The van der Waals surface area contributed by atoms with E-state index in [2.05, 4.69) is 32.8 Å². The summed E-state index contributed by atoms with van der Waals surface area (Å²) in [6.07, 6.45) is 3.54. The zero-order valence-corrected chi connectivity index (χ0v) is 12.6. The molecule has 3 nitrogen and oxygen atoms in total. The van der Waals surface area contributed by atoms with E-state index in [-0.39, 0.29) is 5.41 Å². The van der Waals surface area contributed by atoms with Crippen molar-refractivity contribution in [2.45, 2.75) is 52.2 Å². The lowest BCUT2D eigenvalue weighted by atomic mass is 9.80. The molecule has 1 aromatic rings. The normalized spacial score (nSPS) is 27.7. The van der Waals surface area contributed by atoms with E-state index in [1.165, 1.54) is 0 Å². The van der Waals surface area contributed by atoms with Crippen molar-refractivity contribution >= 4 is 11.8 Å². The van der Waals surface area contributed by atoms with Gasteiger partial charge in [0, 0.05) is 24.4 Å². The topological polar surface area (TPSA) is 38.0 Å². The van der Waals surface area contributed by atoms with Gasteiger partial charge in [0.05, 0.1) is 11.3 Å². The van der Waals surface area contributed by atoms with Crippen molar-refractivity contribution in [3.05, 3.63) is 18.0 Å². The Morgan fingerprint density at radius 3 is 2.72 bits per heavy atom. The first-order chi connectivity index (χ1) is 8.30. The van der Waals surface area contributed by atoms with Crippen LogP contribution in [0.5, 0.6) is 0 Å². The number of hydrogen-bond donors (Lipinski definition) is 1. The van der Waals surface area contributed by atoms with Crippen molar-refractivity contribution in [1.82, 2.24) is 9.78 Å². The van der Waals surface area contributed by atoms with Crippen LogP contribution in [0, 0.1) is 5.41 Å². The number of aliphatic hydroxyl groups is 1. The van der Waals surface area contributed by atoms with Crippen LogP contribution in [-0.2, 0) is 6.42 Å². The highest BCUT2D eigenvalue weighted by atomic mass is 32.2. The highest BCUT2D eigenvalue weighted by molar-refractivity contribution is 7.99. The van der Waals surface area contributed by atoms with E-state index in [9.17, 15) is 5.11 Å². The van der Waals surface area contributed by atoms with Crippen molar-refractivity contribution in [3.8, 4) is 0 Å². The molecular weight excluding hydrogens is 244 g/mol. The van der Waals surface area contributed by atoms with E-state index < -0.39 is 5.60 Å². The number of thioether (sulfide) groups is 1. The van der Waals surface area contributed by atoms with Crippen LogP contribution in [-0.4, -0.2) is 32.0 Å². The Morgan fingerprint density at radius 1 is 1.44 bits per heavy atom. The monoisotopic (exact) mass is 268 g/mol. The van der Waals surface area contributed by atoms with E-state index in [0.717, 1.165) is 23.6 Å². The maximum atomic E-state index is 10.7. The fourth-order valence-corrected chi connectivity index (χ4v) is 4.06. The molecule has 0 bridgehead atoms. The fraction of sp³-hybridized carbons (Fsp3) is 0.786. The summed E-state index contributed by atoms with van der Waals surface area (Å²) in [5.74, 6) is 1.96. The number of hydrogen-bond acceptors (Lipinski definition) is 3. The Kier molecular flexibility index (Phi) is 3.79. The minimum atomic E-state index is -0.595. The zero-order chi connectivity index (χ0) is 13.4. The maximum Gasteiger partial charge on any atom is 0.0799 e. The van der Waals surface area contributed by atoms with Crippen LogP contribution in [0.3, 0.4) is 0 Å².